The molecule has 1 nitrogen and oxygen atoms in total. The molecule has 0 amide bonds. The average molecular weight is 241 g/mol. The zero-order valence-electron chi connectivity index (χ0n) is 7.63. The molecule has 2 atom stereocenters. The highest BCUT2D eigenvalue weighted by Crippen LogP contribution is 2.53. The Hall–Kier alpha value is -0.340. The number of aliphatic hydroxyl groups excluding tert-OH is 1. The van der Waals surface area contributed by atoms with Crippen LogP contribution in [0, 0.1) is 5.92 Å². The van der Waals surface area contributed by atoms with Crippen LogP contribution in [0.3, 0.4) is 0 Å². The fourth-order valence-electron chi connectivity index (χ4n) is 1.98. The van der Waals surface area contributed by atoms with E-state index in [-0.39, 0.29) is 12.0 Å². The summed E-state index contributed by atoms with van der Waals surface area (Å²) in [6.07, 6.45) is 1.12. The number of rotatable bonds is 2. The highest BCUT2D eigenvalue weighted by molar-refractivity contribution is 9.10. The van der Waals surface area contributed by atoms with Crippen LogP contribution in [-0.2, 0) is 5.41 Å². The van der Waals surface area contributed by atoms with Gasteiger partial charge in [-0.3, -0.25) is 0 Å². The molecule has 1 aliphatic rings. The summed E-state index contributed by atoms with van der Waals surface area (Å²) >= 11 is 3.41. The minimum Gasteiger partial charge on any atom is -0.395 e. The normalized spacial score (nSPS) is 31.8. The molecular formula is C11H13BrO. The predicted octanol–water partition coefficient (Wildman–Crippen LogP) is 2.72. The molecule has 13 heavy (non-hydrogen) atoms. The molecule has 1 aromatic rings. The zero-order chi connectivity index (χ0) is 9.47. The van der Waals surface area contributed by atoms with E-state index in [0.29, 0.717) is 5.92 Å². The van der Waals surface area contributed by atoms with E-state index < -0.39 is 0 Å². The van der Waals surface area contributed by atoms with Gasteiger partial charge in [-0.15, -0.1) is 0 Å². The van der Waals surface area contributed by atoms with Gasteiger partial charge in [-0.05, 0) is 30.0 Å². The van der Waals surface area contributed by atoms with Gasteiger partial charge in [-0.2, -0.15) is 0 Å². The van der Waals surface area contributed by atoms with Crippen molar-refractivity contribution in [1.82, 2.24) is 0 Å². The summed E-state index contributed by atoms with van der Waals surface area (Å²) in [5.41, 5.74) is 1.34. The van der Waals surface area contributed by atoms with Crippen molar-refractivity contribution in [2.45, 2.75) is 18.8 Å². The molecule has 0 bridgehead atoms. The van der Waals surface area contributed by atoms with Crippen molar-refractivity contribution in [2.24, 2.45) is 5.92 Å². The quantitative estimate of drug-likeness (QED) is 0.844. The van der Waals surface area contributed by atoms with Crippen molar-refractivity contribution in [3.05, 3.63) is 34.3 Å². The molecule has 0 radical (unpaired) electrons. The molecule has 1 aliphatic carbocycles. The molecule has 1 fully saturated rings. The van der Waals surface area contributed by atoms with E-state index >= 15 is 0 Å². The Kier molecular flexibility index (Phi) is 2.20. The molecule has 2 heteroatoms. The SMILES string of the molecule is CC1CC1(CO)c1ccc(Br)cc1. The summed E-state index contributed by atoms with van der Waals surface area (Å²) in [6, 6.07) is 8.28. The van der Waals surface area contributed by atoms with E-state index in [2.05, 4.69) is 35.0 Å². The number of aliphatic hydroxyl groups is 1. The molecule has 2 rings (SSSR count). The monoisotopic (exact) mass is 240 g/mol. The Morgan fingerprint density at radius 3 is 2.38 bits per heavy atom. The van der Waals surface area contributed by atoms with E-state index in [1.165, 1.54) is 5.56 Å². The van der Waals surface area contributed by atoms with Crippen LogP contribution in [0.25, 0.3) is 0 Å². The van der Waals surface area contributed by atoms with E-state index in [9.17, 15) is 5.11 Å². The lowest BCUT2D eigenvalue weighted by Gasteiger charge is -2.13. The first-order valence-corrected chi connectivity index (χ1v) is 5.35. The van der Waals surface area contributed by atoms with Crippen LogP contribution >= 0.6 is 15.9 Å². The second-order valence-electron chi connectivity index (χ2n) is 3.93. The average Bonchev–Trinajstić information content (AvgIpc) is 2.79. The predicted molar refractivity (Wildman–Crippen MR) is 56.7 cm³/mol. The highest BCUT2D eigenvalue weighted by atomic mass is 79.9. The second kappa shape index (κ2) is 3.10. The molecule has 1 saturated carbocycles. The van der Waals surface area contributed by atoms with Gasteiger partial charge in [0.05, 0.1) is 6.61 Å². The van der Waals surface area contributed by atoms with Crippen LogP contribution < -0.4 is 0 Å². The summed E-state index contributed by atoms with van der Waals surface area (Å²) < 4.78 is 1.10. The minimum absolute atomic E-state index is 0.0701. The summed E-state index contributed by atoms with van der Waals surface area (Å²) in [5.74, 6) is 0.624. The maximum absolute atomic E-state index is 9.34. The fraction of sp³-hybridized carbons (Fsp3) is 0.455. The van der Waals surface area contributed by atoms with Crippen LogP contribution in [-0.4, -0.2) is 11.7 Å². The van der Waals surface area contributed by atoms with Gasteiger partial charge in [0, 0.05) is 9.89 Å². The molecule has 0 spiro atoms. The lowest BCUT2D eigenvalue weighted by Crippen LogP contribution is -2.14. The van der Waals surface area contributed by atoms with Crippen molar-refractivity contribution in [3.8, 4) is 0 Å². The Bertz CT molecular complexity index is 302. The van der Waals surface area contributed by atoms with Crippen LogP contribution in [0.2, 0.25) is 0 Å². The molecule has 0 saturated heterocycles. The van der Waals surface area contributed by atoms with E-state index in [1.54, 1.807) is 0 Å². The van der Waals surface area contributed by atoms with Crippen molar-refractivity contribution in [2.75, 3.05) is 6.61 Å². The van der Waals surface area contributed by atoms with Gasteiger partial charge < -0.3 is 5.11 Å². The Labute approximate surface area is 86.9 Å². The van der Waals surface area contributed by atoms with Gasteiger partial charge in [-0.1, -0.05) is 35.0 Å². The molecule has 1 aromatic carbocycles. The molecule has 0 aromatic heterocycles. The number of benzene rings is 1. The smallest absolute Gasteiger partial charge is 0.0530 e. The lowest BCUT2D eigenvalue weighted by molar-refractivity contribution is 0.247. The van der Waals surface area contributed by atoms with Crippen molar-refractivity contribution in [3.63, 3.8) is 0 Å². The van der Waals surface area contributed by atoms with Crippen LogP contribution in [0.4, 0.5) is 0 Å². The van der Waals surface area contributed by atoms with Gasteiger partial charge in [0.2, 0.25) is 0 Å². The highest BCUT2D eigenvalue weighted by Gasteiger charge is 2.51. The first-order chi connectivity index (χ1) is 6.19. The maximum Gasteiger partial charge on any atom is 0.0530 e. The van der Waals surface area contributed by atoms with Gasteiger partial charge in [-0.25, -0.2) is 0 Å². The summed E-state index contributed by atoms with van der Waals surface area (Å²) in [4.78, 5) is 0. The van der Waals surface area contributed by atoms with Crippen molar-refractivity contribution < 1.29 is 5.11 Å². The molecule has 0 aliphatic heterocycles. The first-order valence-electron chi connectivity index (χ1n) is 4.56. The van der Waals surface area contributed by atoms with Crippen molar-refractivity contribution >= 4 is 15.9 Å². The minimum atomic E-state index is 0.0701. The summed E-state index contributed by atoms with van der Waals surface area (Å²) in [7, 11) is 0. The second-order valence-corrected chi connectivity index (χ2v) is 4.84. The standard InChI is InChI=1S/C11H13BrO/c1-8-6-11(8,7-13)9-2-4-10(12)5-3-9/h2-5,8,13H,6-7H2,1H3. The zero-order valence-corrected chi connectivity index (χ0v) is 9.21. The van der Waals surface area contributed by atoms with Gasteiger partial charge in [0.1, 0.15) is 0 Å². The number of hydrogen-bond donors (Lipinski definition) is 1. The Morgan fingerprint density at radius 1 is 1.46 bits per heavy atom. The summed E-state index contributed by atoms with van der Waals surface area (Å²) in [6.45, 7) is 2.47. The lowest BCUT2D eigenvalue weighted by atomic mass is 9.95. The molecule has 1 N–H and O–H groups in total. The fourth-order valence-corrected chi connectivity index (χ4v) is 2.25. The van der Waals surface area contributed by atoms with Gasteiger partial charge >= 0.3 is 0 Å². The molecule has 70 valence electrons. The third kappa shape index (κ3) is 1.42. The summed E-state index contributed by atoms with van der Waals surface area (Å²) in [5, 5.41) is 9.34. The number of halogens is 1. The van der Waals surface area contributed by atoms with Gasteiger partial charge in [0.15, 0.2) is 0 Å². The van der Waals surface area contributed by atoms with Gasteiger partial charge in [0.25, 0.3) is 0 Å². The van der Waals surface area contributed by atoms with E-state index in [1.807, 2.05) is 12.1 Å². The maximum atomic E-state index is 9.34. The largest absolute Gasteiger partial charge is 0.395 e. The van der Waals surface area contributed by atoms with E-state index in [0.717, 1.165) is 10.9 Å². The van der Waals surface area contributed by atoms with Crippen LogP contribution in [0.1, 0.15) is 18.9 Å². The third-order valence-electron chi connectivity index (χ3n) is 3.15. The first kappa shape index (κ1) is 9.22. The van der Waals surface area contributed by atoms with Crippen LogP contribution in [0.15, 0.2) is 28.7 Å². The van der Waals surface area contributed by atoms with Crippen molar-refractivity contribution in [1.29, 1.82) is 0 Å². The third-order valence-corrected chi connectivity index (χ3v) is 3.68. The van der Waals surface area contributed by atoms with Crippen LogP contribution in [0.5, 0.6) is 0 Å². The molecular weight excluding hydrogens is 228 g/mol. The molecule has 0 heterocycles. The Morgan fingerprint density at radius 2 is 2.00 bits per heavy atom. The topological polar surface area (TPSA) is 20.2 Å². The Balaban J connectivity index is 2.31. The van der Waals surface area contributed by atoms with E-state index in [4.69, 9.17) is 0 Å². The number of hydrogen-bond acceptors (Lipinski definition) is 1. The molecule has 2 unspecified atom stereocenters.